The molecule has 0 bridgehead atoms. The lowest BCUT2D eigenvalue weighted by molar-refractivity contribution is 0.186. The van der Waals surface area contributed by atoms with Gasteiger partial charge in [-0.2, -0.15) is 0 Å². The Morgan fingerprint density at radius 3 is 2.61 bits per heavy atom. The van der Waals surface area contributed by atoms with Crippen molar-refractivity contribution in [3.63, 3.8) is 0 Å². The van der Waals surface area contributed by atoms with E-state index in [0.717, 1.165) is 36.1 Å². The number of aromatic amines is 1. The highest BCUT2D eigenvalue weighted by atomic mass is 35.5. The van der Waals surface area contributed by atoms with E-state index in [1.165, 1.54) is 7.11 Å². The molecule has 1 unspecified atom stereocenters. The predicted octanol–water partition coefficient (Wildman–Crippen LogP) is 2.33. The lowest BCUT2D eigenvalue weighted by Crippen LogP contribution is -2.41. The van der Waals surface area contributed by atoms with Gasteiger partial charge in [0.25, 0.3) is 0 Å². The third-order valence-electron chi connectivity index (χ3n) is 8.08. The lowest BCUT2D eigenvalue weighted by Gasteiger charge is -2.25. The van der Waals surface area contributed by atoms with Gasteiger partial charge < -0.3 is 47.6 Å². The molecule has 0 spiro atoms. The Morgan fingerprint density at radius 1 is 1.12 bits per heavy atom. The first-order valence-corrected chi connectivity index (χ1v) is 16.5. The van der Waals surface area contributed by atoms with Crippen molar-refractivity contribution in [3.8, 4) is 17.1 Å². The van der Waals surface area contributed by atoms with Crippen LogP contribution < -0.4 is 48.2 Å². The van der Waals surface area contributed by atoms with Gasteiger partial charge in [-0.1, -0.05) is 23.7 Å². The van der Waals surface area contributed by atoms with Crippen LogP contribution in [0, 0.1) is 5.82 Å². The fraction of sp³-hybridized carbons (Fsp3) is 0.353. The third-order valence-corrected chi connectivity index (χ3v) is 8.36. The van der Waals surface area contributed by atoms with Crippen LogP contribution in [0.2, 0.25) is 5.02 Å². The van der Waals surface area contributed by atoms with Crippen LogP contribution in [0.1, 0.15) is 37.3 Å². The molecule has 0 fully saturated rings. The van der Waals surface area contributed by atoms with Gasteiger partial charge in [0.15, 0.2) is 11.8 Å². The number of aliphatic imine (C=N–C) groups is 1. The topological polar surface area (TPSA) is 201 Å². The average Bonchev–Trinajstić information content (AvgIpc) is 3.49. The molecule has 0 radical (unpaired) electrons. The number of aliphatic hydroxyl groups is 1. The fourth-order valence-electron chi connectivity index (χ4n) is 5.45. The van der Waals surface area contributed by atoms with E-state index < -0.39 is 12.2 Å². The van der Waals surface area contributed by atoms with Crippen molar-refractivity contribution in [1.29, 1.82) is 0 Å². The predicted molar refractivity (Wildman–Crippen MR) is 191 cm³/mol. The number of rotatable bonds is 16. The number of methoxy groups -OCH3 is 1. The Kier molecular flexibility index (Phi) is 12.0. The molecule has 0 saturated heterocycles. The molecule has 5 rings (SSSR count). The summed E-state index contributed by atoms with van der Waals surface area (Å²) in [6.45, 7) is 3.56. The number of aromatic nitrogens is 3. The SMILES string of the molecule is COc1ccc(NC[C@@H](CCN=C(N)N)NCc2ccc(N3C=c4cc(-c5cc(CCC[C@H](C)N)cc(Cl)c5F)[nH]c4=NC3O)cc2)nn1. The Labute approximate surface area is 289 Å². The Hall–Kier alpha value is -4.76. The average molecular weight is 692 g/mol. The van der Waals surface area contributed by atoms with Gasteiger partial charge in [-0.05, 0) is 80.1 Å². The van der Waals surface area contributed by atoms with E-state index in [-0.39, 0.29) is 23.1 Å². The van der Waals surface area contributed by atoms with E-state index in [9.17, 15) is 5.11 Å². The molecule has 0 saturated carbocycles. The lowest BCUT2D eigenvalue weighted by atomic mass is 10.0. The summed E-state index contributed by atoms with van der Waals surface area (Å²) in [6.07, 6.45) is 3.76. The van der Waals surface area contributed by atoms with Crippen LogP contribution in [-0.2, 0) is 13.0 Å². The zero-order valence-corrected chi connectivity index (χ0v) is 28.3. The van der Waals surface area contributed by atoms with Crippen LogP contribution in [0.15, 0.2) is 64.6 Å². The van der Waals surface area contributed by atoms with E-state index in [1.54, 1.807) is 35.4 Å². The standard InChI is InChI=1S/C34H43ClFN11O2/c1-20(37)4-3-5-22-14-26(31(36)27(35)15-22)28-16-23-19-47(34(48)44-32(23)43-28)25-8-6-21(7-9-25)17-41-24(12-13-40-33(38)39)18-42-29-10-11-30(49-2)46-45-29/h6-11,14-16,19-20,24,34,41,48H,3-5,12-13,17-18,37H2,1-2H3,(H,42,45)(H,43,44)(H4,38,39,40)/t20-,24+,34?/m0/s1. The largest absolute Gasteiger partial charge is 0.480 e. The van der Waals surface area contributed by atoms with Gasteiger partial charge in [-0.3, -0.25) is 4.99 Å². The second-order valence-corrected chi connectivity index (χ2v) is 12.4. The van der Waals surface area contributed by atoms with Crippen molar-refractivity contribution in [1.82, 2.24) is 20.5 Å². The first-order chi connectivity index (χ1) is 23.6. The van der Waals surface area contributed by atoms with Gasteiger partial charge in [0.2, 0.25) is 12.2 Å². The van der Waals surface area contributed by atoms with Crippen molar-refractivity contribution >= 4 is 35.3 Å². The summed E-state index contributed by atoms with van der Waals surface area (Å²) in [5.41, 5.74) is 21.0. The Balaban J connectivity index is 1.26. The Morgan fingerprint density at radius 2 is 1.92 bits per heavy atom. The molecule has 49 heavy (non-hydrogen) atoms. The summed E-state index contributed by atoms with van der Waals surface area (Å²) in [4.78, 5) is 13.4. The van der Waals surface area contributed by atoms with E-state index in [4.69, 9.17) is 33.5 Å². The van der Waals surface area contributed by atoms with Crippen molar-refractivity contribution in [3.05, 3.63) is 87.3 Å². The minimum atomic E-state index is -1.17. The summed E-state index contributed by atoms with van der Waals surface area (Å²) in [5, 5.41) is 26.6. The summed E-state index contributed by atoms with van der Waals surface area (Å²) in [6, 6.07) is 16.7. The summed E-state index contributed by atoms with van der Waals surface area (Å²) < 4.78 is 20.3. The van der Waals surface area contributed by atoms with Crippen LogP contribution in [0.4, 0.5) is 15.9 Å². The fourth-order valence-corrected chi connectivity index (χ4v) is 5.69. The minimum absolute atomic E-state index is 0.0130. The van der Waals surface area contributed by atoms with Gasteiger partial charge in [0.1, 0.15) is 11.3 Å². The van der Waals surface area contributed by atoms with E-state index >= 15 is 4.39 Å². The van der Waals surface area contributed by atoms with Crippen LogP contribution in [0.25, 0.3) is 17.5 Å². The molecule has 0 amide bonds. The summed E-state index contributed by atoms with van der Waals surface area (Å²) >= 11 is 6.28. The molecule has 2 aromatic heterocycles. The summed E-state index contributed by atoms with van der Waals surface area (Å²) in [7, 11) is 1.54. The molecule has 3 heterocycles. The first-order valence-electron chi connectivity index (χ1n) is 16.1. The van der Waals surface area contributed by atoms with Gasteiger partial charge in [0, 0.05) is 60.5 Å². The minimum Gasteiger partial charge on any atom is -0.480 e. The molecule has 3 atom stereocenters. The molecule has 260 valence electrons. The quantitative estimate of drug-likeness (QED) is 0.0676. The number of ether oxygens (including phenoxy) is 1. The van der Waals surface area contributed by atoms with Gasteiger partial charge in [-0.25, -0.2) is 9.38 Å². The van der Waals surface area contributed by atoms with Gasteiger partial charge >= 0.3 is 0 Å². The molecule has 2 aromatic carbocycles. The smallest absolute Gasteiger partial charge is 0.233 e. The van der Waals surface area contributed by atoms with Crippen molar-refractivity contribution < 1.29 is 14.2 Å². The van der Waals surface area contributed by atoms with Crippen LogP contribution in [0.3, 0.4) is 0 Å². The number of aliphatic hydroxyl groups excluding tert-OH is 1. The highest BCUT2D eigenvalue weighted by Gasteiger charge is 2.20. The van der Waals surface area contributed by atoms with Crippen molar-refractivity contribution in [2.45, 2.75) is 57.6 Å². The maximum Gasteiger partial charge on any atom is 0.233 e. The highest BCUT2D eigenvalue weighted by Crippen LogP contribution is 2.29. The van der Waals surface area contributed by atoms with Gasteiger partial charge in [0.05, 0.1) is 17.8 Å². The highest BCUT2D eigenvalue weighted by molar-refractivity contribution is 6.31. The number of nitrogens with two attached hydrogens (primary N) is 3. The summed E-state index contributed by atoms with van der Waals surface area (Å²) in [5.74, 6) is 0.587. The third kappa shape index (κ3) is 9.66. The maximum atomic E-state index is 15.2. The van der Waals surface area contributed by atoms with Crippen LogP contribution in [0.5, 0.6) is 5.88 Å². The zero-order chi connectivity index (χ0) is 34.9. The molecule has 10 N–H and O–H groups in total. The number of anilines is 2. The number of hydrogen-bond donors (Lipinski definition) is 7. The van der Waals surface area contributed by atoms with Gasteiger partial charge in [-0.15, -0.1) is 10.2 Å². The Bertz CT molecular complexity index is 1850. The molecule has 1 aliphatic heterocycles. The number of nitrogens with one attached hydrogen (secondary N) is 3. The van der Waals surface area contributed by atoms with Crippen molar-refractivity contribution in [2.75, 3.05) is 30.4 Å². The van der Waals surface area contributed by atoms with Crippen LogP contribution in [-0.4, -0.2) is 64.9 Å². The molecule has 4 aromatic rings. The van der Waals surface area contributed by atoms with E-state index in [1.807, 2.05) is 37.3 Å². The number of guanidine groups is 1. The van der Waals surface area contributed by atoms with Crippen molar-refractivity contribution in [2.24, 2.45) is 27.2 Å². The maximum absolute atomic E-state index is 15.2. The number of aryl methyl sites for hydroxylation is 1. The number of benzene rings is 2. The number of halogens is 2. The molecular weight excluding hydrogens is 649 g/mol. The van der Waals surface area contributed by atoms with E-state index in [2.05, 4.69) is 35.8 Å². The molecule has 0 aliphatic carbocycles. The number of hydrogen-bond acceptors (Lipinski definition) is 10. The number of fused-ring (bicyclic) bond motifs is 1. The molecule has 15 heteroatoms. The second-order valence-electron chi connectivity index (χ2n) is 12.0. The molecule has 1 aliphatic rings. The molecular formula is C34H43ClFN11O2. The first kappa shape index (κ1) is 35.5. The monoisotopic (exact) mass is 691 g/mol. The number of nitrogens with zero attached hydrogens (tertiary/aromatic N) is 5. The normalized spacial score (nSPS) is 15.1. The zero-order valence-electron chi connectivity index (χ0n) is 27.5. The molecule has 13 nitrogen and oxygen atoms in total. The second kappa shape index (κ2) is 16.6. The number of H-pyrrole nitrogens is 1. The van der Waals surface area contributed by atoms with Crippen LogP contribution >= 0.6 is 11.6 Å². The van der Waals surface area contributed by atoms with E-state index in [0.29, 0.717) is 59.7 Å².